The summed E-state index contributed by atoms with van der Waals surface area (Å²) in [4.78, 5) is 0.485. The van der Waals surface area contributed by atoms with Crippen LogP contribution in [0.25, 0.3) is 0 Å². The van der Waals surface area contributed by atoms with Crippen LogP contribution < -0.4 is 0 Å². The molecule has 0 unspecified atom stereocenters. The van der Waals surface area contributed by atoms with Crippen LogP contribution in [0.5, 0.6) is 5.75 Å². The molecule has 0 radical (unpaired) electrons. The number of hydrogen-bond acceptors (Lipinski definition) is 3. The fourth-order valence-corrected chi connectivity index (χ4v) is 0.732. The van der Waals surface area contributed by atoms with E-state index in [0.717, 1.165) is 0 Å². The van der Waals surface area contributed by atoms with Crippen LogP contribution in [0.2, 0.25) is 0 Å². The Labute approximate surface area is 83.0 Å². The Bertz CT molecular complexity index is 295. The molecule has 1 aromatic rings. The van der Waals surface area contributed by atoms with Crippen LogP contribution in [0.15, 0.2) is 23.1 Å². The maximum Gasteiger partial charge on any atom is 0.130 e. The molecule has 0 aromatic heterocycles. The van der Waals surface area contributed by atoms with Gasteiger partial charge in [0.15, 0.2) is 0 Å². The predicted octanol–water partition coefficient (Wildman–Crippen LogP) is 1.55. The number of phenolic OH excluding ortho intramolecular Hbond substituents is 1. The minimum Gasteiger partial charge on any atom is -0.507 e. The van der Waals surface area contributed by atoms with Gasteiger partial charge in [0, 0.05) is 24.4 Å². The molecule has 0 spiro atoms. The summed E-state index contributed by atoms with van der Waals surface area (Å²) in [7, 11) is 0. The molecule has 0 aliphatic rings. The molecule has 0 saturated carbocycles. The zero-order chi connectivity index (χ0) is 7.56. The van der Waals surface area contributed by atoms with Gasteiger partial charge in [0.25, 0.3) is 0 Å². The van der Waals surface area contributed by atoms with E-state index in [9.17, 15) is 0 Å². The standard InChI is InChI=1S/C7H5NOS.Zn/c8-4-5-1-2-7(10)6(9)3-5;/h1-3,9-10H;. The third-order valence-electron chi connectivity index (χ3n) is 1.10. The van der Waals surface area contributed by atoms with Gasteiger partial charge < -0.3 is 5.11 Å². The molecular weight excluding hydrogens is 212 g/mol. The van der Waals surface area contributed by atoms with E-state index in [4.69, 9.17) is 10.4 Å². The normalized spacial score (nSPS) is 8.00. The van der Waals surface area contributed by atoms with Crippen LogP contribution in [0.1, 0.15) is 5.56 Å². The fourth-order valence-electron chi connectivity index (χ4n) is 0.593. The predicted molar refractivity (Wildman–Crippen MR) is 40.1 cm³/mol. The molecule has 11 heavy (non-hydrogen) atoms. The largest absolute Gasteiger partial charge is 0.507 e. The van der Waals surface area contributed by atoms with E-state index < -0.39 is 0 Å². The Morgan fingerprint density at radius 2 is 2.09 bits per heavy atom. The second kappa shape index (κ2) is 4.38. The summed E-state index contributed by atoms with van der Waals surface area (Å²) in [5.74, 6) is 0.0439. The first-order chi connectivity index (χ1) is 4.74. The Kier molecular flexibility index (Phi) is 4.17. The first kappa shape index (κ1) is 10.5. The van der Waals surface area contributed by atoms with E-state index in [1.165, 1.54) is 6.07 Å². The van der Waals surface area contributed by atoms with Crippen molar-refractivity contribution in [2.75, 3.05) is 0 Å². The summed E-state index contributed by atoms with van der Waals surface area (Å²) in [6.45, 7) is 0. The molecule has 0 fully saturated rings. The van der Waals surface area contributed by atoms with Gasteiger partial charge >= 0.3 is 0 Å². The third kappa shape index (κ3) is 2.53. The first-order valence-corrected chi connectivity index (χ1v) is 3.11. The van der Waals surface area contributed by atoms with Crippen LogP contribution in [0.3, 0.4) is 0 Å². The van der Waals surface area contributed by atoms with Crippen molar-refractivity contribution >= 4 is 12.6 Å². The Morgan fingerprint density at radius 1 is 1.45 bits per heavy atom. The summed E-state index contributed by atoms with van der Waals surface area (Å²) in [5, 5.41) is 17.4. The number of nitrogens with zero attached hydrogens (tertiary/aromatic N) is 1. The number of benzene rings is 1. The van der Waals surface area contributed by atoms with Gasteiger partial charge in [0.2, 0.25) is 0 Å². The molecular formula is C7H5NOSZn. The molecule has 1 aromatic carbocycles. The molecule has 0 aliphatic heterocycles. The number of nitriles is 1. The zero-order valence-corrected chi connectivity index (χ0v) is 9.64. The fraction of sp³-hybridized carbons (Fsp3) is 0. The SMILES string of the molecule is N#Cc1ccc(S)c(O)c1.[Zn]. The van der Waals surface area contributed by atoms with Crippen molar-refractivity contribution in [1.29, 1.82) is 5.26 Å². The average molecular weight is 217 g/mol. The van der Waals surface area contributed by atoms with E-state index in [1.807, 2.05) is 6.07 Å². The second-order valence-corrected chi connectivity index (χ2v) is 2.30. The molecule has 0 saturated heterocycles. The Morgan fingerprint density at radius 3 is 2.55 bits per heavy atom. The number of hydrogen-bond donors (Lipinski definition) is 2. The van der Waals surface area contributed by atoms with Crippen molar-refractivity contribution in [1.82, 2.24) is 0 Å². The molecule has 0 amide bonds. The van der Waals surface area contributed by atoms with Crippen LogP contribution >= 0.6 is 12.6 Å². The van der Waals surface area contributed by atoms with Gasteiger partial charge in [-0.15, -0.1) is 12.6 Å². The zero-order valence-electron chi connectivity index (χ0n) is 5.78. The van der Waals surface area contributed by atoms with E-state index >= 15 is 0 Å². The van der Waals surface area contributed by atoms with Gasteiger partial charge in [-0.2, -0.15) is 5.26 Å². The molecule has 1 rings (SSSR count). The molecule has 0 bridgehead atoms. The molecule has 0 aliphatic carbocycles. The van der Waals surface area contributed by atoms with Crippen LogP contribution in [-0.2, 0) is 19.5 Å². The smallest absolute Gasteiger partial charge is 0.130 e. The number of thiol groups is 1. The third-order valence-corrected chi connectivity index (χ3v) is 1.48. The van der Waals surface area contributed by atoms with E-state index in [0.29, 0.717) is 10.5 Å². The van der Waals surface area contributed by atoms with Gasteiger partial charge in [-0.05, 0) is 18.2 Å². The topological polar surface area (TPSA) is 44.0 Å². The van der Waals surface area contributed by atoms with Crippen molar-refractivity contribution in [2.24, 2.45) is 0 Å². The van der Waals surface area contributed by atoms with E-state index in [2.05, 4.69) is 12.6 Å². The van der Waals surface area contributed by atoms with E-state index in [-0.39, 0.29) is 25.2 Å². The van der Waals surface area contributed by atoms with Gasteiger partial charge in [0.1, 0.15) is 5.75 Å². The van der Waals surface area contributed by atoms with Crippen molar-refractivity contribution < 1.29 is 24.6 Å². The quantitative estimate of drug-likeness (QED) is 0.511. The molecule has 0 heterocycles. The second-order valence-electron chi connectivity index (χ2n) is 1.82. The molecule has 2 nitrogen and oxygen atoms in total. The van der Waals surface area contributed by atoms with Gasteiger partial charge in [-0.1, -0.05) is 0 Å². The van der Waals surface area contributed by atoms with Gasteiger partial charge in [0.05, 0.1) is 11.6 Å². The van der Waals surface area contributed by atoms with Gasteiger partial charge in [-0.3, -0.25) is 0 Å². The summed E-state index contributed by atoms with van der Waals surface area (Å²) >= 11 is 3.92. The monoisotopic (exact) mass is 215 g/mol. The van der Waals surface area contributed by atoms with Crippen molar-refractivity contribution in [3.8, 4) is 11.8 Å². The van der Waals surface area contributed by atoms with Crippen LogP contribution in [0, 0.1) is 11.3 Å². The maximum atomic E-state index is 9.00. The molecule has 52 valence electrons. The average Bonchev–Trinajstić information content (AvgIpc) is 1.95. The molecule has 1 N–H and O–H groups in total. The number of rotatable bonds is 0. The summed E-state index contributed by atoms with van der Waals surface area (Å²) in [5.41, 5.74) is 0.440. The van der Waals surface area contributed by atoms with E-state index in [1.54, 1.807) is 12.1 Å². The minimum atomic E-state index is 0. The van der Waals surface area contributed by atoms with Crippen molar-refractivity contribution in [2.45, 2.75) is 4.90 Å². The van der Waals surface area contributed by atoms with Crippen LogP contribution in [-0.4, -0.2) is 5.11 Å². The number of aromatic hydroxyl groups is 1. The van der Waals surface area contributed by atoms with Gasteiger partial charge in [-0.25, -0.2) is 0 Å². The Balaban J connectivity index is 0.000001000. The first-order valence-electron chi connectivity index (χ1n) is 2.66. The Hall–Kier alpha value is -0.517. The minimum absolute atomic E-state index is 0. The summed E-state index contributed by atoms with van der Waals surface area (Å²) < 4.78 is 0. The molecule has 4 heteroatoms. The molecule has 0 atom stereocenters. The van der Waals surface area contributed by atoms with Crippen molar-refractivity contribution in [3.05, 3.63) is 23.8 Å². The maximum absolute atomic E-state index is 9.00. The van der Waals surface area contributed by atoms with Crippen molar-refractivity contribution in [3.63, 3.8) is 0 Å². The van der Waals surface area contributed by atoms with Crippen LogP contribution in [0.4, 0.5) is 0 Å². The summed E-state index contributed by atoms with van der Waals surface area (Å²) in [6.07, 6.45) is 0. The summed E-state index contributed by atoms with van der Waals surface area (Å²) in [6, 6.07) is 6.46. The number of phenols is 1.